The molecule has 0 aliphatic carbocycles. The van der Waals surface area contributed by atoms with E-state index in [2.05, 4.69) is 70.5 Å². The predicted octanol–water partition coefficient (Wildman–Crippen LogP) is 5.62. The molecule has 5 heteroatoms. The van der Waals surface area contributed by atoms with E-state index in [4.69, 9.17) is 0 Å². The summed E-state index contributed by atoms with van der Waals surface area (Å²) >= 11 is 0. The number of nitrogens with zero attached hydrogens (tertiary/aromatic N) is 4. The molecule has 5 nitrogen and oxygen atoms in total. The van der Waals surface area contributed by atoms with Crippen LogP contribution in [0.2, 0.25) is 0 Å². The van der Waals surface area contributed by atoms with Gasteiger partial charge in [-0.3, -0.25) is 9.97 Å². The number of hydrogen-bond donors (Lipinski definition) is 1. The van der Waals surface area contributed by atoms with Gasteiger partial charge < -0.3 is 9.72 Å². The minimum atomic E-state index is 0.933. The highest BCUT2D eigenvalue weighted by molar-refractivity contribution is 5.78. The normalized spacial score (nSPS) is 10.0. The second kappa shape index (κ2) is 10.2. The van der Waals surface area contributed by atoms with Crippen molar-refractivity contribution in [2.45, 2.75) is 20.8 Å². The van der Waals surface area contributed by atoms with Crippen molar-refractivity contribution in [2.24, 2.45) is 0 Å². The molecule has 0 spiro atoms. The monoisotopic (exact) mass is 397 g/mol. The molecule has 0 unspecified atom stereocenters. The summed E-state index contributed by atoms with van der Waals surface area (Å²) in [5.41, 5.74) is 6.70. The number of aromatic nitrogens is 4. The van der Waals surface area contributed by atoms with Gasteiger partial charge in [0, 0.05) is 49.1 Å². The predicted molar refractivity (Wildman–Crippen MR) is 125 cm³/mol. The largest absolute Gasteiger partial charge is 0.388 e. The van der Waals surface area contributed by atoms with E-state index < -0.39 is 0 Å². The minimum Gasteiger partial charge on any atom is -0.388 e. The molecular weight excluding hydrogens is 370 g/mol. The summed E-state index contributed by atoms with van der Waals surface area (Å²) in [6, 6.07) is 18.6. The van der Waals surface area contributed by atoms with Gasteiger partial charge in [0.2, 0.25) is 0 Å². The molecule has 5 rings (SSSR count). The highest BCUT2D eigenvalue weighted by atomic mass is 15.0. The van der Waals surface area contributed by atoms with Gasteiger partial charge >= 0.3 is 0 Å². The topological polar surface area (TPSA) is 55.1 Å². The third-order valence-electron chi connectivity index (χ3n) is 4.56. The van der Waals surface area contributed by atoms with E-state index in [1.807, 2.05) is 55.2 Å². The number of nitrogens with one attached hydrogen (secondary N) is 1. The SMILES string of the molecule is CNc1cccc(C)c1.Cc1ccc2cccnc2c1.Cc1nccn2ccnc12. The number of benzene rings is 2. The number of pyridine rings is 1. The average molecular weight is 398 g/mol. The number of anilines is 1. The Morgan fingerprint density at radius 1 is 0.733 bits per heavy atom. The van der Waals surface area contributed by atoms with Gasteiger partial charge in [-0.25, -0.2) is 4.98 Å². The van der Waals surface area contributed by atoms with Crippen molar-refractivity contribution < 1.29 is 0 Å². The van der Waals surface area contributed by atoms with Crippen LogP contribution in [-0.4, -0.2) is 26.4 Å². The summed E-state index contributed by atoms with van der Waals surface area (Å²) in [6.07, 6.45) is 9.15. The lowest BCUT2D eigenvalue weighted by Crippen LogP contribution is -1.88. The Morgan fingerprint density at radius 2 is 1.50 bits per heavy atom. The number of aryl methyl sites for hydroxylation is 3. The van der Waals surface area contributed by atoms with E-state index in [-0.39, 0.29) is 0 Å². The number of fused-ring (bicyclic) bond motifs is 2. The standard InChI is InChI=1S/C10H9N.C8H11N.C7H7N3/c1-8-4-5-9-3-2-6-11-10(9)7-8;1-7-4-3-5-8(6-7)9-2;1-6-7-9-3-5-10(7)4-2-8-6/h2-7H,1H3;3-6,9H,1-2H3;2-5H,1H3. The summed E-state index contributed by atoms with van der Waals surface area (Å²) in [5, 5.41) is 4.27. The van der Waals surface area contributed by atoms with Gasteiger partial charge in [0.1, 0.15) is 0 Å². The van der Waals surface area contributed by atoms with Crippen LogP contribution in [0.15, 0.2) is 85.6 Å². The van der Waals surface area contributed by atoms with Crippen molar-refractivity contribution in [3.8, 4) is 0 Å². The molecule has 30 heavy (non-hydrogen) atoms. The molecule has 5 aromatic rings. The van der Waals surface area contributed by atoms with Crippen molar-refractivity contribution in [3.63, 3.8) is 0 Å². The maximum Gasteiger partial charge on any atom is 0.158 e. The molecule has 0 saturated heterocycles. The Balaban J connectivity index is 0.000000129. The maximum absolute atomic E-state index is 4.24. The van der Waals surface area contributed by atoms with Crippen LogP contribution in [0.1, 0.15) is 16.8 Å². The lowest BCUT2D eigenvalue weighted by Gasteiger charge is -1.98. The molecule has 0 aliphatic rings. The van der Waals surface area contributed by atoms with Crippen molar-refractivity contribution in [1.29, 1.82) is 0 Å². The molecule has 1 N–H and O–H groups in total. The third kappa shape index (κ3) is 5.64. The van der Waals surface area contributed by atoms with E-state index >= 15 is 0 Å². The molecule has 0 amide bonds. The zero-order valence-corrected chi connectivity index (χ0v) is 17.9. The van der Waals surface area contributed by atoms with Crippen LogP contribution in [0.3, 0.4) is 0 Å². The first-order valence-electron chi connectivity index (χ1n) is 9.87. The molecule has 0 atom stereocenters. The number of rotatable bonds is 1. The summed E-state index contributed by atoms with van der Waals surface area (Å²) in [6.45, 7) is 6.11. The van der Waals surface area contributed by atoms with E-state index in [1.165, 1.54) is 22.2 Å². The van der Waals surface area contributed by atoms with E-state index in [0.29, 0.717) is 0 Å². The zero-order chi connectivity index (χ0) is 21.3. The molecule has 0 radical (unpaired) electrons. The van der Waals surface area contributed by atoms with E-state index in [1.54, 1.807) is 12.4 Å². The fraction of sp³-hybridized carbons (Fsp3) is 0.160. The Morgan fingerprint density at radius 3 is 2.20 bits per heavy atom. The molecule has 2 aromatic carbocycles. The van der Waals surface area contributed by atoms with Crippen molar-refractivity contribution in [3.05, 3.63) is 102 Å². The molecular formula is C25H27N5. The summed E-state index contributed by atoms with van der Waals surface area (Å²) in [7, 11) is 1.93. The van der Waals surface area contributed by atoms with Gasteiger partial charge in [0.15, 0.2) is 5.65 Å². The van der Waals surface area contributed by atoms with E-state index in [9.17, 15) is 0 Å². The average Bonchev–Trinajstić information content (AvgIpc) is 3.25. The first kappa shape index (κ1) is 21.0. The zero-order valence-electron chi connectivity index (χ0n) is 17.9. The first-order chi connectivity index (χ1) is 14.6. The van der Waals surface area contributed by atoms with Crippen LogP contribution in [-0.2, 0) is 0 Å². The second-order valence-corrected chi connectivity index (χ2v) is 6.99. The lowest BCUT2D eigenvalue weighted by atomic mass is 10.1. The van der Waals surface area contributed by atoms with Crippen LogP contribution in [0.25, 0.3) is 16.6 Å². The Kier molecular flexibility index (Phi) is 7.11. The summed E-state index contributed by atoms with van der Waals surface area (Å²) < 4.78 is 1.95. The van der Waals surface area contributed by atoms with Gasteiger partial charge in [-0.15, -0.1) is 0 Å². The first-order valence-corrected chi connectivity index (χ1v) is 9.87. The van der Waals surface area contributed by atoms with Gasteiger partial charge in [-0.05, 0) is 56.2 Å². The molecule has 0 fully saturated rings. The number of imidazole rings is 1. The molecule has 0 bridgehead atoms. The minimum absolute atomic E-state index is 0.933. The highest BCUT2D eigenvalue weighted by Crippen LogP contribution is 2.11. The van der Waals surface area contributed by atoms with Crippen LogP contribution < -0.4 is 5.32 Å². The van der Waals surface area contributed by atoms with E-state index in [0.717, 1.165) is 16.9 Å². The Labute approximate surface area is 177 Å². The van der Waals surface area contributed by atoms with Crippen molar-refractivity contribution >= 4 is 22.2 Å². The molecule has 3 heterocycles. The van der Waals surface area contributed by atoms with Gasteiger partial charge in [-0.1, -0.05) is 30.3 Å². The fourth-order valence-corrected chi connectivity index (χ4v) is 2.97. The Hall–Kier alpha value is -3.73. The third-order valence-corrected chi connectivity index (χ3v) is 4.56. The highest BCUT2D eigenvalue weighted by Gasteiger charge is 1.95. The molecule has 152 valence electrons. The summed E-state index contributed by atoms with van der Waals surface area (Å²) in [4.78, 5) is 12.5. The summed E-state index contributed by atoms with van der Waals surface area (Å²) in [5.74, 6) is 0. The van der Waals surface area contributed by atoms with Gasteiger partial charge in [-0.2, -0.15) is 0 Å². The smallest absolute Gasteiger partial charge is 0.158 e. The van der Waals surface area contributed by atoms with Crippen molar-refractivity contribution in [2.75, 3.05) is 12.4 Å². The maximum atomic E-state index is 4.24. The second-order valence-electron chi connectivity index (χ2n) is 6.99. The molecule has 3 aromatic heterocycles. The number of hydrogen-bond acceptors (Lipinski definition) is 4. The molecule has 0 saturated carbocycles. The lowest BCUT2D eigenvalue weighted by molar-refractivity contribution is 1.08. The van der Waals surface area contributed by atoms with Gasteiger partial charge in [0.05, 0.1) is 11.2 Å². The van der Waals surface area contributed by atoms with Crippen LogP contribution in [0.5, 0.6) is 0 Å². The van der Waals surface area contributed by atoms with Crippen LogP contribution in [0.4, 0.5) is 5.69 Å². The van der Waals surface area contributed by atoms with Crippen molar-refractivity contribution in [1.82, 2.24) is 19.4 Å². The quantitative estimate of drug-likeness (QED) is 0.399. The Bertz CT molecular complexity index is 1230. The van der Waals surface area contributed by atoms with Crippen LogP contribution >= 0.6 is 0 Å². The van der Waals surface area contributed by atoms with Crippen LogP contribution in [0, 0.1) is 20.8 Å². The van der Waals surface area contributed by atoms with Gasteiger partial charge in [0.25, 0.3) is 0 Å². The molecule has 0 aliphatic heterocycles. The fourth-order valence-electron chi connectivity index (χ4n) is 2.97.